The zero-order valence-corrected chi connectivity index (χ0v) is 13.9. The topological polar surface area (TPSA) is 32.3 Å². The number of rotatable bonds is 3. The van der Waals surface area contributed by atoms with Gasteiger partial charge >= 0.3 is 0 Å². The molecule has 0 radical (unpaired) electrons. The molecule has 1 amide bonds. The van der Waals surface area contributed by atoms with Gasteiger partial charge in [-0.05, 0) is 62.9 Å². The highest BCUT2D eigenvalue weighted by atomic mass is 35.5. The van der Waals surface area contributed by atoms with Crippen LogP contribution in [0.1, 0.15) is 52.4 Å². The molecule has 2 fully saturated rings. The van der Waals surface area contributed by atoms with E-state index in [4.69, 9.17) is 0 Å². The van der Waals surface area contributed by atoms with Crippen LogP contribution >= 0.6 is 12.4 Å². The van der Waals surface area contributed by atoms with Crippen LogP contribution in [-0.2, 0) is 4.79 Å². The quantitative estimate of drug-likeness (QED) is 0.869. The van der Waals surface area contributed by atoms with Gasteiger partial charge in [0.05, 0.1) is 0 Å². The summed E-state index contributed by atoms with van der Waals surface area (Å²) in [5.41, 5.74) is 0. The standard InChI is InChI=1S/C16H30N2O.ClH/c1-13-5-4-9-18(10-7-13)16(19)11-14(2)15-6-3-8-17-12-15;/h13-15,17H,3-12H2,1-2H3;1H. The van der Waals surface area contributed by atoms with E-state index in [0.29, 0.717) is 17.7 Å². The van der Waals surface area contributed by atoms with Crippen LogP contribution < -0.4 is 5.32 Å². The normalized spacial score (nSPS) is 29.2. The number of hydrogen-bond donors (Lipinski definition) is 1. The third-order valence-electron chi connectivity index (χ3n) is 5.01. The van der Waals surface area contributed by atoms with Gasteiger partial charge in [0.1, 0.15) is 0 Å². The Morgan fingerprint density at radius 1 is 1.25 bits per heavy atom. The number of hydrogen-bond acceptors (Lipinski definition) is 2. The number of carbonyl (C=O) groups is 1. The first-order chi connectivity index (χ1) is 9.16. The molecule has 0 aromatic carbocycles. The summed E-state index contributed by atoms with van der Waals surface area (Å²) < 4.78 is 0. The number of nitrogens with one attached hydrogen (secondary N) is 1. The molecule has 1 N–H and O–H groups in total. The van der Waals surface area contributed by atoms with Gasteiger partial charge < -0.3 is 10.2 Å². The summed E-state index contributed by atoms with van der Waals surface area (Å²) >= 11 is 0. The number of piperidine rings is 1. The van der Waals surface area contributed by atoms with Gasteiger partial charge in [-0.25, -0.2) is 0 Å². The average molecular weight is 303 g/mol. The van der Waals surface area contributed by atoms with Crippen molar-refractivity contribution in [3.8, 4) is 0 Å². The predicted molar refractivity (Wildman–Crippen MR) is 86.2 cm³/mol. The van der Waals surface area contributed by atoms with Crippen LogP contribution in [0.2, 0.25) is 0 Å². The Labute approximate surface area is 130 Å². The lowest BCUT2D eigenvalue weighted by atomic mass is 9.85. The zero-order valence-electron chi connectivity index (χ0n) is 13.1. The van der Waals surface area contributed by atoms with Crippen LogP contribution in [0.25, 0.3) is 0 Å². The van der Waals surface area contributed by atoms with Crippen molar-refractivity contribution < 1.29 is 4.79 Å². The van der Waals surface area contributed by atoms with Crippen molar-refractivity contribution in [2.75, 3.05) is 26.2 Å². The lowest BCUT2D eigenvalue weighted by Crippen LogP contribution is -2.37. The van der Waals surface area contributed by atoms with Gasteiger partial charge in [0.25, 0.3) is 0 Å². The van der Waals surface area contributed by atoms with Crippen molar-refractivity contribution in [2.24, 2.45) is 17.8 Å². The van der Waals surface area contributed by atoms with Crippen molar-refractivity contribution in [3.05, 3.63) is 0 Å². The number of likely N-dealkylation sites (tertiary alicyclic amines) is 1. The van der Waals surface area contributed by atoms with Gasteiger partial charge in [0.2, 0.25) is 5.91 Å². The van der Waals surface area contributed by atoms with E-state index in [9.17, 15) is 4.79 Å². The Morgan fingerprint density at radius 2 is 2.05 bits per heavy atom. The highest BCUT2D eigenvalue weighted by Gasteiger charge is 2.25. The smallest absolute Gasteiger partial charge is 0.222 e. The van der Waals surface area contributed by atoms with Crippen molar-refractivity contribution >= 4 is 18.3 Å². The van der Waals surface area contributed by atoms with Crippen LogP contribution in [0.4, 0.5) is 0 Å². The van der Waals surface area contributed by atoms with Crippen LogP contribution in [0.3, 0.4) is 0 Å². The van der Waals surface area contributed by atoms with E-state index >= 15 is 0 Å². The summed E-state index contributed by atoms with van der Waals surface area (Å²) in [6.45, 7) is 8.79. The number of carbonyl (C=O) groups excluding carboxylic acids is 1. The van der Waals surface area contributed by atoms with E-state index in [-0.39, 0.29) is 12.4 Å². The Hall–Kier alpha value is -0.280. The Balaban J connectivity index is 0.00000200. The van der Waals surface area contributed by atoms with Gasteiger partial charge in [-0.3, -0.25) is 4.79 Å². The molecule has 2 saturated heterocycles. The molecule has 3 nitrogen and oxygen atoms in total. The fraction of sp³-hybridized carbons (Fsp3) is 0.938. The van der Waals surface area contributed by atoms with E-state index in [2.05, 4.69) is 24.1 Å². The maximum Gasteiger partial charge on any atom is 0.222 e. The first-order valence-corrected chi connectivity index (χ1v) is 8.15. The molecule has 0 bridgehead atoms. The van der Waals surface area contributed by atoms with Gasteiger partial charge in [-0.15, -0.1) is 12.4 Å². The van der Waals surface area contributed by atoms with Gasteiger partial charge in [-0.2, -0.15) is 0 Å². The first-order valence-electron chi connectivity index (χ1n) is 8.15. The van der Waals surface area contributed by atoms with Gasteiger partial charge in [0.15, 0.2) is 0 Å². The predicted octanol–water partition coefficient (Wildman–Crippen LogP) is 3.08. The lowest BCUT2D eigenvalue weighted by molar-refractivity contribution is -0.132. The summed E-state index contributed by atoms with van der Waals surface area (Å²) in [5.74, 6) is 2.41. The molecule has 2 heterocycles. The molecule has 0 spiro atoms. The largest absolute Gasteiger partial charge is 0.343 e. The molecule has 0 saturated carbocycles. The van der Waals surface area contributed by atoms with Crippen molar-refractivity contribution in [2.45, 2.75) is 52.4 Å². The van der Waals surface area contributed by atoms with Crippen molar-refractivity contribution in [1.82, 2.24) is 10.2 Å². The molecule has 20 heavy (non-hydrogen) atoms. The molecular weight excluding hydrogens is 272 g/mol. The van der Waals surface area contributed by atoms with E-state index in [0.717, 1.165) is 38.5 Å². The summed E-state index contributed by atoms with van der Waals surface area (Å²) in [4.78, 5) is 14.5. The molecule has 0 aromatic heterocycles. The SMILES string of the molecule is CC1CCCN(C(=O)CC(C)C2CCCNC2)CC1.Cl. The number of amides is 1. The van der Waals surface area contributed by atoms with E-state index in [1.165, 1.54) is 32.1 Å². The maximum absolute atomic E-state index is 12.4. The summed E-state index contributed by atoms with van der Waals surface area (Å²) in [6, 6.07) is 0. The second-order valence-electron chi connectivity index (χ2n) is 6.70. The fourth-order valence-electron chi connectivity index (χ4n) is 3.45. The third-order valence-corrected chi connectivity index (χ3v) is 5.01. The molecule has 3 atom stereocenters. The summed E-state index contributed by atoms with van der Waals surface area (Å²) in [5, 5.41) is 3.46. The summed E-state index contributed by atoms with van der Waals surface area (Å²) in [7, 11) is 0. The number of halogens is 1. The molecule has 2 rings (SSSR count). The minimum Gasteiger partial charge on any atom is -0.343 e. The molecule has 0 aliphatic carbocycles. The molecular formula is C16H31ClN2O. The molecule has 2 aliphatic rings. The Morgan fingerprint density at radius 3 is 2.75 bits per heavy atom. The number of nitrogens with zero attached hydrogens (tertiary/aromatic N) is 1. The molecule has 4 heteroatoms. The minimum absolute atomic E-state index is 0. The highest BCUT2D eigenvalue weighted by Crippen LogP contribution is 2.24. The van der Waals surface area contributed by atoms with Crippen molar-refractivity contribution in [1.29, 1.82) is 0 Å². The monoisotopic (exact) mass is 302 g/mol. The van der Waals surface area contributed by atoms with E-state index < -0.39 is 0 Å². The van der Waals surface area contributed by atoms with Gasteiger partial charge in [-0.1, -0.05) is 13.8 Å². The lowest BCUT2D eigenvalue weighted by Gasteiger charge is -2.30. The Bertz CT molecular complexity index is 292. The Kier molecular flexibility index (Phi) is 7.90. The second kappa shape index (κ2) is 8.89. The van der Waals surface area contributed by atoms with Crippen LogP contribution in [0, 0.1) is 17.8 Å². The summed E-state index contributed by atoms with van der Waals surface area (Å²) in [6.07, 6.45) is 6.97. The fourth-order valence-corrected chi connectivity index (χ4v) is 3.45. The van der Waals surface area contributed by atoms with Crippen LogP contribution in [0.15, 0.2) is 0 Å². The molecule has 2 aliphatic heterocycles. The van der Waals surface area contributed by atoms with Crippen LogP contribution in [-0.4, -0.2) is 37.0 Å². The third kappa shape index (κ3) is 5.25. The van der Waals surface area contributed by atoms with Crippen LogP contribution in [0.5, 0.6) is 0 Å². The van der Waals surface area contributed by atoms with Gasteiger partial charge in [0, 0.05) is 19.5 Å². The first kappa shape index (κ1) is 17.8. The highest BCUT2D eigenvalue weighted by molar-refractivity contribution is 5.85. The minimum atomic E-state index is 0. The molecule has 0 aromatic rings. The maximum atomic E-state index is 12.4. The average Bonchev–Trinajstić information content (AvgIpc) is 2.64. The molecule has 118 valence electrons. The van der Waals surface area contributed by atoms with Crippen molar-refractivity contribution in [3.63, 3.8) is 0 Å². The van der Waals surface area contributed by atoms with E-state index in [1.54, 1.807) is 0 Å². The second-order valence-corrected chi connectivity index (χ2v) is 6.70. The molecule has 3 unspecified atom stereocenters. The zero-order chi connectivity index (χ0) is 13.7. The van der Waals surface area contributed by atoms with E-state index in [1.807, 2.05) is 0 Å².